The highest BCUT2D eigenvalue weighted by Gasteiger charge is 2.22. The molecule has 118 valence electrons. The smallest absolute Gasteiger partial charge is 0.254 e. The summed E-state index contributed by atoms with van der Waals surface area (Å²) in [5.41, 5.74) is 2.30. The maximum absolute atomic E-state index is 12.5. The topological polar surface area (TPSA) is 78.0 Å². The van der Waals surface area contributed by atoms with Gasteiger partial charge < -0.3 is 14.8 Å². The van der Waals surface area contributed by atoms with Crippen LogP contribution in [0.1, 0.15) is 16.8 Å². The van der Waals surface area contributed by atoms with Crippen LogP contribution >= 0.6 is 11.3 Å². The number of hydrogen-bond acceptors (Lipinski definition) is 6. The molecule has 1 fully saturated rings. The number of amides is 1. The molecule has 1 aliphatic heterocycles. The van der Waals surface area contributed by atoms with Crippen LogP contribution in [0, 0.1) is 0 Å². The lowest BCUT2D eigenvalue weighted by Crippen LogP contribution is -2.35. The predicted molar refractivity (Wildman–Crippen MR) is 88.7 cm³/mol. The first-order chi connectivity index (χ1) is 11.3. The number of fused-ring (bicyclic) bond motifs is 1. The van der Waals surface area contributed by atoms with Crippen molar-refractivity contribution in [1.29, 1.82) is 0 Å². The number of aromatic nitrogens is 4. The number of hydrogen-bond donors (Lipinski definition) is 1. The minimum Gasteiger partial charge on any atom is -0.353 e. The van der Waals surface area contributed by atoms with Gasteiger partial charge in [0.05, 0.1) is 11.9 Å². The van der Waals surface area contributed by atoms with Crippen LogP contribution < -0.4 is 4.90 Å². The van der Waals surface area contributed by atoms with Gasteiger partial charge in [-0.3, -0.25) is 4.79 Å². The lowest BCUT2D eigenvalue weighted by Gasteiger charge is -2.22. The quantitative estimate of drug-likeness (QED) is 0.776. The number of anilines is 1. The Kier molecular flexibility index (Phi) is 3.66. The van der Waals surface area contributed by atoms with Gasteiger partial charge in [0.2, 0.25) is 0 Å². The predicted octanol–water partition coefficient (Wildman–Crippen LogP) is 1.77. The van der Waals surface area contributed by atoms with Crippen molar-refractivity contribution in [2.45, 2.75) is 6.42 Å². The second-order valence-corrected chi connectivity index (χ2v) is 6.22. The third kappa shape index (κ3) is 2.65. The molecule has 0 aromatic carbocycles. The number of nitrogens with one attached hydrogen (secondary N) is 1. The number of aromatic amines is 1. The Labute approximate surface area is 137 Å². The molecule has 7 nitrogen and oxygen atoms in total. The van der Waals surface area contributed by atoms with Gasteiger partial charge in [0.15, 0.2) is 11.5 Å². The molecule has 0 bridgehead atoms. The highest BCUT2D eigenvalue weighted by molar-refractivity contribution is 7.08. The van der Waals surface area contributed by atoms with E-state index < -0.39 is 0 Å². The molecule has 4 rings (SSSR count). The van der Waals surface area contributed by atoms with E-state index in [1.165, 1.54) is 6.33 Å². The van der Waals surface area contributed by atoms with Crippen molar-refractivity contribution in [3.8, 4) is 0 Å². The first kappa shape index (κ1) is 14.1. The molecule has 1 saturated heterocycles. The number of thiophene rings is 1. The fourth-order valence-electron chi connectivity index (χ4n) is 2.89. The molecular formula is C15H16N6OS. The monoisotopic (exact) mass is 328 g/mol. The molecule has 0 unspecified atom stereocenters. The minimum absolute atomic E-state index is 0.113. The maximum atomic E-state index is 12.5. The fourth-order valence-corrected chi connectivity index (χ4v) is 3.52. The van der Waals surface area contributed by atoms with E-state index in [2.05, 4.69) is 24.8 Å². The van der Waals surface area contributed by atoms with Crippen molar-refractivity contribution in [3.63, 3.8) is 0 Å². The average molecular weight is 328 g/mol. The van der Waals surface area contributed by atoms with E-state index in [4.69, 9.17) is 0 Å². The zero-order valence-electron chi connectivity index (χ0n) is 12.5. The van der Waals surface area contributed by atoms with Gasteiger partial charge >= 0.3 is 0 Å². The normalized spacial score (nSPS) is 15.8. The summed E-state index contributed by atoms with van der Waals surface area (Å²) in [7, 11) is 0. The summed E-state index contributed by atoms with van der Waals surface area (Å²) >= 11 is 1.55. The third-order valence-corrected chi connectivity index (χ3v) is 4.74. The van der Waals surface area contributed by atoms with Crippen molar-refractivity contribution in [2.24, 2.45) is 0 Å². The van der Waals surface area contributed by atoms with Crippen molar-refractivity contribution in [1.82, 2.24) is 24.8 Å². The van der Waals surface area contributed by atoms with Crippen LogP contribution in [0.3, 0.4) is 0 Å². The van der Waals surface area contributed by atoms with Gasteiger partial charge in [-0.2, -0.15) is 11.3 Å². The van der Waals surface area contributed by atoms with E-state index in [0.29, 0.717) is 12.2 Å². The van der Waals surface area contributed by atoms with Gasteiger partial charge in [0.25, 0.3) is 5.91 Å². The molecule has 0 aliphatic carbocycles. The van der Waals surface area contributed by atoms with Crippen LogP contribution in [0.5, 0.6) is 0 Å². The highest BCUT2D eigenvalue weighted by Crippen LogP contribution is 2.21. The van der Waals surface area contributed by atoms with Gasteiger partial charge in [-0.25, -0.2) is 15.0 Å². The zero-order valence-corrected chi connectivity index (χ0v) is 13.3. The lowest BCUT2D eigenvalue weighted by molar-refractivity contribution is 0.0767. The second-order valence-electron chi connectivity index (χ2n) is 5.44. The summed E-state index contributed by atoms with van der Waals surface area (Å²) in [5.74, 6) is 0.972. The van der Waals surface area contributed by atoms with Gasteiger partial charge in [0.1, 0.15) is 11.8 Å². The lowest BCUT2D eigenvalue weighted by atomic mass is 10.3. The largest absolute Gasteiger partial charge is 0.353 e. The fraction of sp³-hybridized carbons (Fsp3) is 0.333. The molecule has 3 aromatic heterocycles. The first-order valence-electron chi connectivity index (χ1n) is 7.53. The van der Waals surface area contributed by atoms with Crippen LogP contribution in [0.25, 0.3) is 11.2 Å². The van der Waals surface area contributed by atoms with Crippen molar-refractivity contribution >= 4 is 34.2 Å². The summed E-state index contributed by atoms with van der Waals surface area (Å²) in [6.45, 7) is 3.07. The van der Waals surface area contributed by atoms with E-state index in [1.807, 2.05) is 21.7 Å². The van der Waals surface area contributed by atoms with E-state index in [1.54, 1.807) is 17.7 Å². The standard InChI is InChI=1S/C15H16N6OS/c22-15(11-2-7-23-8-11)21-4-1-3-20(5-6-21)14-12-13(17-9-16-12)18-10-19-14/h2,7-10H,1,3-6H2,(H,16,17,18,19). The number of carbonyl (C=O) groups excluding carboxylic acids is 1. The van der Waals surface area contributed by atoms with Crippen LogP contribution in [-0.4, -0.2) is 56.9 Å². The molecule has 4 heterocycles. The summed E-state index contributed by atoms with van der Waals surface area (Å²) in [6, 6.07) is 1.88. The number of imidazole rings is 1. The van der Waals surface area contributed by atoms with Crippen LogP contribution in [-0.2, 0) is 0 Å². The molecule has 8 heteroatoms. The average Bonchev–Trinajstić information content (AvgIpc) is 3.21. The van der Waals surface area contributed by atoms with E-state index in [-0.39, 0.29) is 5.91 Å². The molecular weight excluding hydrogens is 312 g/mol. The van der Waals surface area contributed by atoms with E-state index in [9.17, 15) is 4.79 Å². The Bertz CT molecular complexity index is 814. The summed E-state index contributed by atoms with van der Waals surface area (Å²) in [4.78, 5) is 32.5. The Morgan fingerprint density at radius 3 is 3.00 bits per heavy atom. The number of nitrogens with zero attached hydrogens (tertiary/aromatic N) is 5. The third-order valence-electron chi connectivity index (χ3n) is 4.05. The van der Waals surface area contributed by atoms with Gasteiger partial charge in [-0.15, -0.1) is 0 Å². The Morgan fingerprint density at radius 2 is 2.13 bits per heavy atom. The molecule has 1 amide bonds. The Balaban J connectivity index is 1.53. The molecule has 1 N–H and O–H groups in total. The summed E-state index contributed by atoms with van der Waals surface area (Å²) < 4.78 is 0. The molecule has 1 aliphatic rings. The molecule has 3 aromatic rings. The molecule has 0 atom stereocenters. The van der Waals surface area contributed by atoms with Crippen molar-refractivity contribution in [2.75, 3.05) is 31.1 Å². The van der Waals surface area contributed by atoms with E-state index in [0.717, 1.165) is 43.0 Å². The summed E-state index contributed by atoms with van der Waals surface area (Å²) in [6.07, 6.45) is 4.08. The maximum Gasteiger partial charge on any atom is 0.254 e. The number of rotatable bonds is 2. The van der Waals surface area contributed by atoms with Crippen molar-refractivity contribution in [3.05, 3.63) is 35.0 Å². The van der Waals surface area contributed by atoms with Crippen LogP contribution in [0.15, 0.2) is 29.5 Å². The Hall–Kier alpha value is -2.48. The van der Waals surface area contributed by atoms with Crippen LogP contribution in [0.2, 0.25) is 0 Å². The minimum atomic E-state index is 0.113. The number of H-pyrrole nitrogens is 1. The molecule has 0 spiro atoms. The van der Waals surface area contributed by atoms with Gasteiger partial charge in [-0.05, 0) is 17.9 Å². The molecule has 0 radical (unpaired) electrons. The van der Waals surface area contributed by atoms with E-state index >= 15 is 0 Å². The van der Waals surface area contributed by atoms with Gasteiger partial charge in [-0.1, -0.05) is 0 Å². The first-order valence-corrected chi connectivity index (χ1v) is 8.48. The SMILES string of the molecule is O=C(c1ccsc1)N1CCCN(c2ncnc3nc[nH]c23)CC1. The second kappa shape index (κ2) is 5.96. The van der Waals surface area contributed by atoms with Crippen LogP contribution in [0.4, 0.5) is 5.82 Å². The molecule has 0 saturated carbocycles. The van der Waals surface area contributed by atoms with Gasteiger partial charge in [0, 0.05) is 31.6 Å². The van der Waals surface area contributed by atoms with Crippen molar-refractivity contribution < 1.29 is 4.79 Å². The summed E-state index contributed by atoms with van der Waals surface area (Å²) in [5, 5.41) is 3.84. The highest BCUT2D eigenvalue weighted by atomic mass is 32.1. The zero-order chi connectivity index (χ0) is 15.6. The Morgan fingerprint density at radius 1 is 1.17 bits per heavy atom. The molecule has 23 heavy (non-hydrogen) atoms. The number of carbonyl (C=O) groups is 1.